The molecule has 3 aromatic rings. The summed E-state index contributed by atoms with van der Waals surface area (Å²) in [5.41, 5.74) is 1.92. The molecule has 0 saturated carbocycles. The Kier molecular flexibility index (Phi) is 3.40. The van der Waals surface area contributed by atoms with Crippen LogP contribution >= 0.6 is 27.5 Å². The van der Waals surface area contributed by atoms with Crippen LogP contribution < -0.4 is 5.32 Å². The third-order valence-corrected chi connectivity index (χ3v) is 3.69. The van der Waals surface area contributed by atoms with E-state index in [0.29, 0.717) is 17.5 Å². The Labute approximate surface area is 123 Å². The fourth-order valence-corrected chi connectivity index (χ4v) is 2.33. The summed E-state index contributed by atoms with van der Waals surface area (Å²) in [6, 6.07) is 11.7. The van der Waals surface area contributed by atoms with Crippen molar-refractivity contribution in [2.45, 2.75) is 6.54 Å². The van der Waals surface area contributed by atoms with Gasteiger partial charge in [-0.15, -0.1) is 5.10 Å². The standard InChI is InChI=1S/C13H10BrClN4/c14-11-4-2-1-3-9(11)7-16-13-17-12-6-5-10(15)8-19(12)18-13/h1-6,8H,7H2,(H,16,18). The third kappa shape index (κ3) is 2.72. The second-order valence-electron chi connectivity index (χ2n) is 4.03. The maximum Gasteiger partial charge on any atom is 0.243 e. The summed E-state index contributed by atoms with van der Waals surface area (Å²) in [5, 5.41) is 8.14. The molecule has 4 nitrogen and oxygen atoms in total. The molecule has 3 rings (SSSR count). The van der Waals surface area contributed by atoms with Gasteiger partial charge in [0.1, 0.15) is 0 Å². The van der Waals surface area contributed by atoms with E-state index in [1.807, 2.05) is 30.3 Å². The smallest absolute Gasteiger partial charge is 0.243 e. The first kappa shape index (κ1) is 12.4. The molecule has 1 N–H and O–H groups in total. The zero-order chi connectivity index (χ0) is 13.2. The van der Waals surface area contributed by atoms with Crippen LogP contribution in [-0.4, -0.2) is 14.6 Å². The molecule has 0 aliphatic carbocycles. The van der Waals surface area contributed by atoms with E-state index < -0.39 is 0 Å². The SMILES string of the molecule is Clc1ccc2nc(NCc3ccccc3Br)nn2c1. The quantitative estimate of drug-likeness (QED) is 0.791. The highest BCUT2D eigenvalue weighted by atomic mass is 79.9. The van der Waals surface area contributed by atoms with E-state index in [2.05, 4.69) is 31.3 Å². The molecule has 0 aliphatic heterocycles. The molecular formula is C13H10BrClN4. The third-order valence-electron chi connectivity index (χ3n) is 2.69. The van der Waals surface area contributed by atoms with E-state index in [1.165, 1.54) is 0 Å². The minimum absolute atomic E-state index is 0.581. The van der Waals surface area contributed by atoms with Crippen LogP contribution in [0.2, 0.25) is 5.02 Å². The van der Waals surface area contributed by atoms with Crippen LogP contribution in [0.4, 0.5) is 5.95 Å². The van der Waals surface area contributed by atoms with Gasteiger partial charge in [-0.05, 0) is 23.8 Å². The lowest BCUT2D eigenvalue weighted by molar-refractivity contribution is 0.949. The van der Waals surface area contributed by atoms with Crippen molar-refractivity contribution in [1.29, 1.82) is 0 Å². The number of nitrogens with zero attached hydrogens (tertiary/aromatic N) is 3. The normalized spacial score (nSPS) is 10.8. The molecule has 0 aliphatic rings. The molecule has 0 radical (unpaired) electrons. The van der Waals surface area contributed by atoms with Crippen LogP contribution in [0.3, 0.4) is 0 Å². The Hall–Kier alpha value is -1.59. The second kappa shape index (κ2) is 5.19. The first-order valence-electron chi connectivity index (χ1n) is 5.71. The topological polar surface area (TPSA) is 42.2 Å². The zero-order valence-electron chi connectivity index (χ0n) is 9.85. The van der Waals surface area contributed by atoms with Gasteiger partial charge in [0.15, 0.2) is 5.65 Å². The van der Waals surface area contributed by atoms with Gasteiger partial charge in [0, 0.05) is 17.2 Å². The van der Waals surface area contributed by atoms with E-state index in [4.69, 9.17) is 11.6 Å². The summed E-state index contributed by atoms with van der Waals surface area (Å²) in [6.45, 7) is 0.659. The van der Waals surface area contributed by atoms with Crippen molar-refractivity contribution >= 4 is 39.1 Å². The monoisotopic (exact) mass is 336 g/mol. The molecule has 1 aromatic carbocycles. The largest absolute Gasteiger partial charge is 0.349 e. The fraction of sp³-hybridized carbons (Fsp3) is 0.0769. The summed E-state index contributed by atoms with van der Waals surface area (Å²) < 4.78 is 2.72. The molecule has 2 heterocycles. The molecule has 0 spiro atoms. The minimum Gasteiger partial charge on any atom is -0.349 e. The summed E-state index contributed by atoms with van der Waals surface area (Å²) >= 11 is 9.42. The van der Waals surface area contributed by atoms with Crippen molar-refractivity contribution < 1.29 is 0 Å². The van der Waals surface area contributed by atoms with Gasteiger partial charge in [0.2, 0.25) is 5.95 Å². The van der Waals surface area contributed by atoms with Gasteiger partial charge in [-0.3, -0.25) is 0 Å². The first-order valence-corrected chi connectivity index (χ1v) is 6.89. The van der Waals surface area contributed by atoms with Crippen molar-refractivity contribution in [2.24, 2.45) is 0 Å². The summed E-state index contributed by atoms with van der Waals surface area (Å²) in [5.74, 6) is 0.581. The highest BCUT2D eigenvalue weighted by Gasteiger charge is 2.04. The molecule has 0 bridgehead atoms. The number of fused-ring (bicyclic) bond motifs is 1. The maximum absolute atomic E-state index is 5.91. The van der Waals surface area contributed by atoms with E-state index in [9.17, 15) is 0 Å². The van der Waals surface area contributed by atoms with Crippen molar-refractivity contribution in [1.82, 2.24) is 14.6 Å². The number of aromatic nitrogens is 3. The Morgan fingerprint density at radius 2 is 2.05 bits per heavy atom. The van der Waals surface area contributed by atoms with Crippen LogP contribution in [0.25, 0.3) is 5.65 Å². The van der Waals surface area contributed by atoms with E-state index in [-0.39, 0.29) is 0 Å². The lowest BCUT2D eigenvalue weighted by atomic mass is 10.2. The number of nitrogens with one attached hydrogen (secondary N) is 1. The number of rotatable bonds is 3. The van der Waals surface area contributed by atoms with Crippen molar-refractivity contribution in [2.75, 3.05) is 5.32 Å². The molecule has 0 saturated heterocycles. The number of halogens is 2. The minimum atomic E-state index is 0.581. The summed E-state index contributed by atoms with van der Waals surface area (Å²) in [7, 11) is 0. The maximum atomic E-state index is 5.91. The molecule has 19 heavy (non-hydrogen) atoms. The van der Waals surface area contributed by atoms with Crippen molar-refractivity contribution in [3.63, 3.8) is 0 Å². The van der Waals surface area contributed by atoms with Crippen LogP contribution in [0.15, 0.2) is 47.1 Å². The molecule has 6 heteroatoms. The lowest BCUT2D eigenvalue weighted by Crippen LogP contribution is -2.01. The predicted octanol–water partition coefficient (Wildman–Crippen LogP) is 3.76. The highest BCUT2D eigenvalue weighted by molar-refractivity contribution is 9.10. The van der Waals surface area contributed by atoms with Crippen LogP contribution in [-0.2, 0) is 6.54 Å². The molecule has 0 unspecified atom stereocenters. The van der Waals surface area contributed by atoms with Gasteiger partial charge in [-0.25, -0.2) is 4.52 Å². The van der Waals surface area contributed by atoms with Gasteiger partial charge in [-0.2, -0.15) is 4.98 Å². The number of anilines is 1. The first-order chi connectivity index (χ1) is 9.22. The Morgan fingerprint density at radius 1 is 1.21 bits per heavy atom. The fourth-order valence-electron chi connectivity index (χ4n) is 1.75. The van der Waals surface area contributed by atoms with E-state index in [1.54, 1.807) is 16.8 Å². The summed E-state index contributed by atoms with van der Waals surface area (Å²) in [4.78, 5) is 4.37. The number of hydrogen-bond acceptors (Lipinski definition) is 3. The molecule has 2 aromatic heterocycles. The molecule has 0 fully saturated rings. The molecular weight excluding hydrogens is 328 g/mol. The zero-order valence-corrected chi connectivity index (χ0v) is 12.2. The predicted molar refractivity (Wildman–Crippen MR) is 79.5 cm³/mol. The number of pyridine rings is 1. The number of benzene rings is 1. The average Bonchev–Trinajstić information content (AvgIpc) is 2.79. The van der Waals surface area contributed by atoms with Crippen LogP contribution in [0.1, 0.15) is 5.56 Å². The van der Waals surface area contributed by atoms with Crippen LogP contribution in [0, 0.1) is 0 Å². The Balaban J connectivity index is 1.80. The molecule has 96 valence electrons. The van der Waals surface area contributed by atoms with E-state index in [0.717, 1.165) is 15.7 Å². The van der Waals surface area contributed by atoms with Gasteiger partial charge < -0.3 is 5.32 Å². The van der Waals surface area contributed by atoms with E-state index >= 15 is 0 Å². The average molecular weight is 338 g/mol. The van der Waals surface area contributed by atoms with Crippen LogP contribution in [0.5, 0.6) is 0 Å². The second-order valence-corrected chi connectivity index (χ2v) is 5.32. The Morgan fingerprint density at radius 3 is 2.89 bits per heavy atom. The van der Waals surface area contributed by atoms with Gasteiger partial charge in [0.25, 0.3) is 0 Å². The summed E-state index contributed by atoms with van der Waals surface area (Å²) in [6.07, 6.45) is 1.73. The lowest BCUT2D eigenvalue weighted by Gasteiger charge is -2.03. The van der Waals surface area contributed by atoms with Gasteiger partial charge >= 0.3 is 0 Å². The van der Waals surface area contributed by atoms with Crippen molar-refractivity contribution in [3.05, 3.63) is 57.7 Å². The van der Waals surface area contributed by atoms with Gasteiger partial charge in [-0.1, -0.05) is 45.7 Å². The highest BCUT2D eigenvalue weighted by Crippen LogP contribution is 2.17. The van der Waals surface area contributed by atoms with Crippen molar-refractivity contribution in [3.8, 4) is 0 Å². The molecule has 0 atom stereocenters. The number of hydrogen-bond donors (Lipinski definition) is 1. The molecule has 0 amide bonds. The Bertz CT molecular complexity index is 725. The van der Waals surface area contributed by atoms with Gasteiger partial charge in [0.05, 0.1) is 5.02 Å².